The second-order valence-corrected chi connectivity index (χ2v) is 14.1. The first-order valence-corrected chi connectivity index (χ1v) is 16.5. The molecule has 12 heteroatoms. The fourth-order valence-corrected chi connectivity index (χ4v) is 6.59. The van der Waals surface area contributed by atoms with Gasteiger partial charge in [0.2, 0.25) is 0 Å². The zero-order chi connectivity index (χ0) is 33.5. The van der Waals surface area contributed by atoms with Crippen molar-refractivity contribution in [3.8, 4) is 16.9 Å². The van der Waals surface area contributed by atoms with E-state index < -0.39 is 29.0 Å². The quantitative estimate of drug-likeness (QED) is 0.204. The highest BCUT2D eigenvalue weighted by Crippen LogP contribution is 2.37. The number of piperazine rings is 1. The molecule has 244 valence electrons. The predicted molar refractivity (Wildman–Crippen MR) is 178 cm³/mol. The lowest BCUT2D eigenvalue weighted by Crippen LogP contribution is -2.55. The summed E-state index contributed by atoms with van der Waals surface area (Å²) < 4.78 is 38.6. The van der Waals surface area contributed by atoms with Crippen LogP contribution in [-0.4, -0.2) is 67.5 Å². The largest absolute Gasteiger partial charge is 0.444 e. The number of aryl methyl sites for hydroxylation is 1. The highest BCUT2D eigenvalue weighted by molar-refractivity contribution is 7.99. The predicted octanol–water partition coefficient (Wildman–Crippen LogP) is 7.11. The van der Waals surface area contributed by atoms with Crippen LogP contribution < -0.4 is 10.6 Å². The van der Waals surface area contributed by atoms with Gasteiger partial charge in [0.05, 0.1) is 22.3 Å². The van der Waals surface area contributed by atoms with Crippen LogP contribution in [0.1, 0.15) is 65.6 Å². The molecule has 1 aliphatic rings. The van der Waals surface area contributed by atoms with E-state index in [-0.39, 0.29) is 40.1 Å². The fourth-order valence-electron chi connectivity index (χ4n) is 5.76. The first kappa shape index (κ1) is 33.3. The number of hydrogen-bond acceptors (Lipinski definition) is 8. The first-order valence-electron chi connectivity index (χ1n) is 15.5. The second kappa shape index (κ2) is 13.0. The molecule has 1 fully saturated rings. The molecule has 0 saturated carbocycles. The van der Waals surface area contributed by atoms with Crippen molar-refractivity contribution < 1.29 is 18.3 Å². The monoisotopic (exact) mass is 650 g/mol. The lowest BCUT2D eigenvalue weighted by molar-refractivity contribution is 0.0218. The number of amides is 1. The fraction of sp³-hybridized carbons (Fsp3) is 0.441. The Kier molecular flexibility index (Phi) is 9.40. The van der Waals surface area contributed by atoms with Gasteiger partial charge in [-0.25, -0.2) is 27.9 Å². The molecule has 5 rings (SSSR count). The summed E-state index contributed by atoms with van der Waals surface area (Å²) in [4.78, 5) is 44.8. The minimum Gasteiger partial charge on any atom is -0.444 e. The molecule has 1 aliphatic heterocycles. The molecule has 0 unspecified atom stereocenters. The van der Waals surface area contributed by atoms with Gasteiger partial charge in [-0.15, -0.1) is 11.8 Å². The molecule has 0 N–H and O–H groups in total. The Bertz CT molecular complexity index is 1860. The molecule has 9 nitrogen and oxygen atoms in total. The minimum atomic E-state index is -0.740. The number of nitrogens with zero attached hydrogens (tertiary/aromatic N) is 6. The van der Waals surface area contributed by atoms with E-state index in [9.17, 15) is 9.59 Å². The van der Waals surface area contributed by atoms with Crippen molar-refractivity contribution in [1.82, 2.24) is 24.4 Å². The molecule has 0 radical (unpaired) electrons. The SMILES string of the molecule is CCSc1cccc(F)c1-c1nc2c(cc1F)c(N1CCN(C(=O)OC(C)(C)C)C[C@@H]1C)nc(=O)n2-c1c(C)ccnc1C(C)C. The highest BCUT2D eigenvalue weighted by Gasteiger charge is 2.33. The van der Waals surface area contributed by atoms with E-state index >= 15 is 8.78 Å². The Hall–Kier alpha value is -4.06. The Morgan fingerprint density at radius 1 is 1.13 bits per heavy atom. The number of benzene rings is 1. The van der Waals surface area contributed by atoms with Gasteiger partial charge in [0.15, 0.2) is 11.5 Å². The van der Waals surface area contributed by atoms with Crippen LogP contribution in [0, 0.1) is 18.6 Å². The van der Waals surface area contributed by atoms with Crippen LogP contribution in [0.2, 0.25) is 0 Å². The Morgan fingerprint density at radius 2 is 1.87 bits per heavy atom. The van der Waals surface area contributed by atoms with Crippen LogP contribution in [0.3, 0.4) is 0 Å². The van der Waals surface area contributed by atoms with Gasteiger partial charge in [0.1, 0.15) is 22.9 Å². The van der Waals surface area contributed by atoms with Gasteiger partial charge < -0.3 is 14.5 Å². The van der Waals surface area contributed by atoms with Crippen LogP contribution in [0.5, 0.6) is 0 Å². The molecule has 0 aliphatic carbocycles. The van der Waals surface area contributed by atoms with Crippen molar-refractivity contribution >= 4 is 34.7 Å². The maximum atomic E-state index is 16.2. The number of carbonyl (C=O) groups excluding carboxylic acids is 1. The van der Waals surface area contributed by atoms with Crippen molar-refractivity contribution in [2.45, 2.75) is 77.8 Å². The van der Waals surface area contributed by atoms with E-state index in [1.807, 2.05) is 60.3 Å². The third-order valence-electron chi connectivity index (χ3n) is 7.79. The number of pyridine rings is 2. The Balaban J connectivity index is 1.75. The van der Waals surface area contributed by atoms with E-state index in [2.05, 4.69) is 9.97 Å². The number of rotatable bonds is 6. The van der Waals surface area contributed by atoms with Gasteiger partial charge >= 0.3 is 11.8 Å². The molecule has 0 bridgehead atoms. The van der Waals surface area contributed by atoms with Crippen molar-refractivity contribution in [3.05, 3.63) is 69.9 Å². The summed E-state index contributed by atoms with van der Waals surface area (Å²) in [6.07, 6.45) is 1.25. The number of anilines is 1. The molecule has 0 spiro atoms. The number of hydrogen-bond donors (Lipinski definition) is 0. The Labute approximate surface area is 272 Å². The molecule has 4 heterocycles. The number of ether oxygens (including phenoxy) is 1. The summed E-state index contributed by atoms with van der Waals surface area (Å²) in [5.41, 5.74) is 0.643. The molecule has 1 saturated heterocycles. The van der Waals surface area contributed by atoms with E-state index in [4.69, 9.17) is 9.72 Å². The van der Waals surface area contributed by atoms with Crippen LogP contribution in [-0.2, 0) is 4.74 Å². The van der Waals surface area contributed by atoms with Gasteiger partial charge in [0.25, 0.3) is 0 Å². The van der Waals surface area contributed by atoms with Crippen LogP contribution in [0.4, 0.5) is 19.4 Å². The third-order valence-corrected chi connectivity index (χ3v) is 8.73. The average Bonchev–Trinajstić information content (AvgIpc) is 2.97. The summed E-state index contributed by atoms with van der Waals surface area (Å²) in [7, 11) is 0. The van der Waals surface area contributed by atoms with Crippen LogP contribution in [0.25, 0.3) is 28.0 Å². The number of thioether (sulfide) groups is 1. The number of carbonyl (C=O) groups is 1. The van der Waals surface area contributed by atoms with Crippen LogP contribution >= 0.6 is 11.8 Å². The van der Waals surface area contributed by atoms with Gasteiger partial charge in [0, 0.05) is 36.8 Å². The topological polar surface area (TPSA) is 93.5 Å². The molecule has 1 amide bonds. The summed E-state index contributed by atoms with van der Waals surface area (Å²) in [5.74, 6) is -0.522. The molecule has 1 aromatic carbocycles. The lowest BCUT2D eigenvalue weighted by Gasteiger charge is -2.41. The first-order chi connectivity index (χ1) is 21.7. The molecular weight excluding hydrogens is 610 g/mol. The zero-order valence-corrected chi connectivity index (χ0v) is 28.3. The van der Waals surface area contributed by atoms with Crippen molar-refractivity contribution in [2.75, 3.05) is 30.3 Å². The third kappa shape index (κ3) is 6.44. The Morgan fingerprint density at radius 3 is 2.52 bits per heavy atom. The van der Waals surface area contributed by atoms with Crippen LogP contribution in [0.15, 0.2) is 46.2 Å². The number of aromatic nitrogens is 4. The summed E-state index contributed by atoms with van der Waals surface area (Å²) in [6, 6.07) is 7.38. The zero-order valence-electron chi connectivity index (χ0n) is 27.5. The molecule has 4 aromatic rings. The number of fused-ring (bicyclic) bond motifs is 1. The number of halogens is 2. The van der Waals surface area contributed by atoms with Gasteiger partial charge in [-0.3, -0.25) is 4.98 Å². The molecular formula is C34H40F2N6O3S. The second-order valence-electron chi connectivity index (χ2n) is 12.8. The lowest BCUT2D eigenvalue weighted by atomic mass is 10.0. The van der Waals surface area contributed by atoms with E-state index in [1.54, 1.807) is 29.3 Å². The van der Waals surface area contributed by atoms with E-state index in [0.29, 0.717) is 41.7 Å². The maximum absolute atomic E-state index is 16.2. The molecule has 1 atom stereocenters. The summed E-state index contributed by atoms with van der Waals surface area (Å²) >= 11 is 1.38. The van der Waals surface area contributed by atoms with Gasteiger partial charge in [-0.2, -0.15) is 4.98 Å². The maximum Gasteiger partial charge on any atom is 0.410 e. The standard InChI is InChI=1S/C34H40F2N6O3S/c1-9-46-25-12-10-11-23(35)26(25)28-24(36)17-22-30(41-16-15-40(18-21(41)5)33(44)45-34(6,7)8)39-32(43)42(31(22)38-28)29-20(4)13-14-37-27(29)19(2)3/h10-14,17,19,21H,9,15-16,18H2,1-8H3/t21-/m0/s1. The smallest absolute Gasteiger partial charge is 0.410 e. The van der Waals surface area contributed by atoms with Gasteiger partial charge in [-0.1, -0.05) is 26.8 Å². The molecule has 3 aromatic heterocycles. The summed E-state index contributed by atoms with van der Waals surface area (Å²) in [6.45, 7) is 16.0. The van der Waals surface area contributed by atoms with Crippen molar-refractivity contribution in [3.63, 3.8) is 0 Å². The average molecular weight is 651 g/mol. The normalized spacial score (nSPS) is 15.6. The molecule has 46 heavy (non-hydrogen) atoms. The van der Waals surface area contributed by atoms with E-state index in [0.717, 1.165) is 5.56 Å². The van der Waals surface area contributed by atoms with E-state index in [1.165, 1.54) is 28.5 Å². The summed E-state index contributed by atoms with van der Waals surface area (Å²) in [5, 5.41) is 0.289. The minimum absolute atomic E-state index is 0.0393. The van der Waals surface area contributed by atoms with Crippen molar-refractivity contribution in [2.24, 2.45) is 0 Å². The van der Waals surface area contributed by atoms with Crippen molar-refractivity contribution in [1.29, 1.82) is 0 Å². The highest BCUT2D eigenvalue weighted by atomic mass is 32.2. The van der Waals surface area contributed by atoms with Gasteiger partial charge in [-0.05, 0) is 76.1 Å².